The number of aliphatic hydroxyl groups is 1. The molecule has 1 aromatic rings. The van der Waals surface area contributed by atoms with Crippen LogP contribution in [0, 0.1) is 0 Å². The van der Waals surface area contributed by atoms with Crippen molar-refractivity contribution in [3.63, 3.8) is 0 Å². The van der Waals surface area contributed by atoms with Gasteiger partial charge in [-0.3, -0.25) is 4.79 Å². The number of nitrogens with two attached hydrogens (primary N) is 1. The lowest BCUT2D eigenvalue weighted by atomic mass is 10.2. The van der Waals surface area contributed by atoms with E-state index in [9.17, 15) is 4.79 Å². The second-order valence-electron chi connectivity index (χ2n) is 4.86. The van der Waals surface area contributed by atoms with Crippen LogP contribution in [0.4, 0.5) is 0 Å². The number of ether oxygens (including phenoxy) is 1. The summed E-state index contributed by atoms with van der Waals surface area (Å²) in [5.74, 6) is 0.564. The van der Waals surface area contributed by atoms with Gasteiger partial charge in [0.05, 0.1) is 0 Å². The minimum atomic E-state index is -0.0831. The van der Waals surface area contributed by atoms with Crippen LogP contribution in [0.2, 0.25) is 0 Å². The molecule has 1 aromatic carbocycles. The van der Waals surface area contributed by atoms with Crippen molar-refractivity contribution in [2.24, 2.45) is 5.73 Å². The Morgan fingerprint density at radius 1 is 1.40 bits per heavy atom. The molecule has 0 aliphatic carbocycles. The zero-order valence-electron chi connectivity index (χ0n) is 12.2. The third kappa shape index (κ3) is 4.83. The molecule has 0 aromatic heterocycles. The minimum absolute atomic E-state index is 0.0133. The first-order valence-electron chi connectivity index (χ1n) is 6.91. The number of rotatable bonds is 8. The smallest absolute Gasteiger partial charge is 0.260 e. The molecule has 20 heavy (non-hydrogen) atoms. The van der Waals surface area contributed by atoms with E-state index in [1.54, 1.807) is 4.90 Å². The summed E-state index contributed by atoms with van der Waals surface area (Å²) < 4.78 is 5.57. The van der Waals surface area contributed by atoms with Crippen LogP contribution in [0.5, 0.6) is 5.75 Å². The van der Waals surface area contributed by atoms with E-state index in [0.717, 1.165) is 5.56 Å². The summed E-state index contributed by atoms with van der Waals surface area (Å²) in [7, 11) is 0. The maximum atomic E-state index is 12.2. The van der Waals surface area contributed by atoms with Crippen molar-refractivity contribution in [1.82, 2.24) is 4.90 Å². The number of carbonyl (C=O) groups is 1. The normalized spacial score (nSPS) is 10.7. The van der Waals surface area contributed by atoms with Crippen molar-refractivity contribution in [2.75, 3.05) is 19.8 Å². The van der Waals surface area contributed by atoms with Gasteiger partial charge in [0.25, 0.3) is 5.91 Å². The number of para-hydroxylation sites is 1. The molecule has 0 unspecified atom stereocenters. The van der Waals surface area contributed by atoms with Crippen molar-refractivity contribution in [2.45, 2.75) is 32.9 Å². The maximum absolute atomic E-state index is 12.2. The molecule has 0 fully saturated rings. The van der Waals surface area contributed by atoms with E-state index in [1.807, 2.05) is 38.1 Å². The Morgan fingerprint density at radius 2 is 2.10 bits per heavy atom. The van der Waals surface area contributed by atoms with Crippen LogP contribution < -0.4 is 10.5 Å². The molecule has 0 aliphatic rings. The van der Waals surface area contributed by atoms with E-state index in [0.29, 0.717) is 25.3 Å². The molecule has 0 bridgehead atoms. The van der Waals surface area contributed by atoms with Gasteiger partial charge in [-0.05, 0) is 26.3 Å². The van der Waals surface area contributed by atoms with Crippen LogP contribution in [0.1, 0.15) is 25.8 Å². The van der Waals surface area contributed by atoms with Gasteiger partial charge in [-0.2, -0.15) is 0 Å². The van der Waals surface area contributed by atoms with E-state index in [2.05, 4.69) is 0 Å². The maximum Gasteiger partial charge on any atom is 0.260 e. The van der Waals surface area contributed by atoms with E-state index < -0.39 is 0 Å². The average Bonchev–Trinajstić information content (AvgIpc) is 2.45. The number of aliphatic hydroxyl groups excluding tert-OH is 1. The van der Waals surface area contributed by atoms with E-state index >= 15 is 0 Å². The Labute approximate surface area is 120 Å². The molecule has 3 N–H and O–H groups in total. The van der Waals surface area contributed by atoms with E-state index in [-0.39, 0.29) is 25.2 Å². The highest BCUT2D eigenvalue weighted by Crippen LogP contribution is 2.17. The van der Waals surface area contributed by atoms with Crippen molar-refractivity contribution in [1.29, 1.82) is 0 Å². The fourth-order valence-corrected chi connectivity index (χ4v) is 1.95. The van der Waals surface area contributed by atoms with Gasteiger partial charge in [0, 0.05) is 31.3 Å². The molecule has 0 heterocycles. The van der Waals surface area contributed by atoms with Crippen LogP contribution in [-0.2, 0) is 11.3 Å². The molecule has 0 atom stereocenters. The Morgan fingerprint density at radius 3 is 2.70 bits per heavy atom. The Bertz CT molecular complexity index is 421. The van der Waals surface area contributed by atoms with E-state index in [1.165, 1.54) is 0 Å². The number of benzene rings is 1. The molecule has 5 nitrogen and oxygen atoms in total. The van der Waals surface area contributed by atoms with Crippen molar-refractivity contribution in [3.05, 3.63) is 29.8 Å². The Kier molecular flexibility index (Phi) is 7.04. The first kappa shape index (κ1) is 16.5. The zero-order chi connectivity index (χ0) is 15.0. The van der Waals surface area contributed by atoms with Crippen LogP contribution in [0.3, 0.4) is 0 Å². The van der Waals surface area contributed by atoms with Gasteiger partial charge in [0.1, 0.15) is 5.75 Å². The molecule has 0 radical (unpaired) electrons. The second-order valence-corrected chi connectivity index (χ2v) is 4.86. The summed E-state index contributed by atoms with van der Waals surface area (Å²) >= 11 is 0. The standard InChI is InChI=1S/C15H24N2O3/c1-12(2)17(8-5-9-18)15(19)11-20-14-7-4-3-6-13(14)10-16/h3-4,6-7,12,18H,5,8-11,16H2,1-2H3. The van der Waals surface area contributed by atoms with Crippen molar-refractivity contribution >= 4 is 5.91 Å². The van der Waals surface area contributed by atoms with Gasteiger partial charge in [0.15, 0.2) is 6.61 Å². The SMILES string of the molecule is CC(C)N(CCCO)C(=O)COc1ccccc1CN. The minimum Gasteiger partial charge on any atom is -0.483 e. The lowest BCUT2D eigenvalue weighted by Gasteiger charge is -2.26. The summed E-state index contributed by atoms with van der Waals surface area (Å²) in [4.78, 5) is 13.9. The third-order valence-electron chi connectivity index (χ3n) is 3.04. The van der Waals surface area contributed by atoms with Crippen LogP contribution in [-0.4, -0.2) is 41.7 Å². The predicted octanol–water partition coefficient (Wildman–Crippen LogP) is 1.14. The quantitative estimate of drug-likeness (QED) is 0.749. The highest BCUT2D eigenvalue weighted by Gasteiger charge is 2.17. The summed E-state index contributed by atoms with van der Waals surface area (Å²) in [6.07, 6.45) is 0.573. The molecule has 5 heteroatoms. The third-order valence-corrected chi connectivity index (χ3v) is 3.04. The summed E-state index contributed by atoms with van der Waals surface area (Å²) in [6.45, 7) is 4.87. The highest BCUT2D eigenvalue weighted by molar-refractivity contribution is 5.78. The molecule has 0 aliphatic heterocycles. The van der Waals surface area contributed by atoms with Crippen LogP contribution in [0.25, 0.3) is 0 Å². The zero-order valence-corrected chi connectivity index (χ0v) is 12.2. The number of nitrogens with zero attached hydrogens (tertiary/aromatic N) is 1. The monoisotopic (exact) mass is 280 g/mol. The number of hydrogen-bond acceptors (Lipinski definition) is 4. The second kappa shape index (κ2) is 8.55. The van der Waals surface area contributed by atoms with Gasteiger partial charge >= 0.3 is 0 Å². The van der Waals surface area contributed by atoms with Gasteiger partial charge in [-0.15, -0.1) is 0 Å². The predicted molar refractivity (Wildman–Crippen MR) is 78.4 cm³/mol. The molecule has 0 saturated heterocycles. The number of carbonyl (C=O) groups excluding carboxylic acids is 1. The summed E-state index contributed by atoms with van der Waals surface area (Å²) in [5.41, 5.74) is 6.51. The number of hydrogen-bond donors (Lipinski definition) is 2. The fourth-order valence-electron chi connectivity index (χ4n) is 1.95. The van der Waals surface area contributed by atoms with Crippen LogP contribution >= 0.6 is 0 Å². The Balaban J connectivity index is 2.60. The van der Waals surface area contributed by atoms with Crippen LogP contribution in [0.15, 0.2) is 24.3 Å². The molecular weight excluding hydrogens is 256 g/mol. The lowest BCUT2D eigenvalue weighted by molar-refractivity contribution is -0.135. The van der Waals surface area contributed by atoms with Crippen molar-refractivity contribution in [3.8, 4) is 5.75 Å². The summed E-state index contributed by atoms with van der Waals surface area (Å²) in [5, 5.41) is 8.87. The molecule has 0 saturated carbocycles. The first-order valence-corrected chi connectivity index (χ1v) is 6.91. The topological polar surface area (TPSA) is 75.8 Å². The lowest BCUT2D eigenvalue weighted by Crippen LogP contribution is -2.41. The van der Waals surface area contributed by atoms with Gasteiger partial charge < -0.3 is 20.5 Å². The Hall–Kier alpha value is -1.59. The molecular formula is C15H24N2O3. The number of amides is 1. The molecule has 112 valence electrons. The van der Waals surface area contributed by atoms with Gasteiger partial charge in [-0.1, -0.05) is 18.2 Å². The molecule has 0 spiro atoms. The largest absolute Gasteiger partial charge is 0.483 e. The average molecular weight is 280 g/mol. The summed E-state index contributed by atoms with van der Waals surface area (Å²) in [6, 6.07) is 7.51. The van der Waals surface area contributed by atoms with Gasteiger partial charge in [0.2, 0.25) is 0 Å². The van der Waals surface area contributed by atoms with Gasteiger partial charge in [-0.25, -0.2) is 0 Å². The highest BCUT2D eigenvalue weighted by atomic mass is 16.5. The molecule has 1 rings (SSSR count). The fraction of sp³-hybridized carbons (Fsp3) is 0.533. The van der Waals surface area contributed by atoms with Crippen molar-refractivity contribution < 1.29 is 14.6 Å². The molecule has 1 amide bonds. The van der Waals surface area contributed by atoms with E-state index in [4.69, 9.17) is 15.6 Å². The first-order chi connectivity index (χ1) is 9.60.